The molecule has 2 N–H and O–H groups in total. The highest BCUT2D eigenvalue weighted by molar-refractivity contribution is 5.74. The van der Waals surface area contributed by atoms with Crippen LogP contribution in [0.4, 0.5) is 10.3 Å². The van der Waals surface area contributed by atoms with Gasteiger partial charge in [0.05, 0.1) is 6.04 Å². The molecule has 0 saturated carbocycles. The number of pyridine rings is 1. The second kappa shape index (κ2) is 4.59. The summed E-state index contributed by atoms with van der Waals surface area (Å²) < 4.78 is 15.5. The third-order valence-corrected chi connectivity index (χ3v) is 3.54. The fourth-order valence-corrected chi connectivity index (χ4v) is 2.35. The minimum Gasteiger partial charge on any atom is -0.369 e. The Balaban J connectivity index is 2.14. The van der Waals surface area contributed by atoms with E-state index in [1.54, 1.807) is 19.2 Å². The number of aromatic nitrogens is 3. The Kier molecular flexibility index (Phi) is 2.89. The molecular weight excluding hydrogens is 255 g/mol. The van der Waals surface area contributed by atoms with Crippen LogP contribution in [0.25, 0.3) is 11.2 Å². The number of benzene rings is 1. The summed E-state index contributed by atoms with van der Waals surface area (Å²) in [6.45, 7) is 3.70. The molecule has 102 valence electrons. The van der Waals surface area contributed by atoms with Gasteiger partial charge < -0.3 is 5.73 Å². The molecule has 3 aromatic rings. The highest BCUT2D eigenvalue weighted by atomic mass is 19.1. The van der Waals surface area contributed by atoms with Gasteiger partial charge in [0.25, 0.3) is 0 Å². The maximum atomic E-state index is 13.7. The first-order valence-electron chi connectivity index (χ1n) is 6.42. The van der Waals surface area contributed by atoms with E-state index in [9.17, 15) is 4.39 Å². The van der Waals surface area contributed by atoms with Gasteiger partial charge in [-0.3, -0.25) is 4.57 Å². The predicted octanol–water partition coefficient (Wildman–Crippen LogP) is 3.07. The number of rotatable bonds is 2. The van der Waals surface area contributed by atoms with Crippen molar-refractivity contribution < 1.29 is 4.39 Å². The first-order chi connectivity index (χ1) is 9.58. The molecule has 4 nitrogen and oxygen atoms in total. The summed E-state index contributed by atoms with van der Waals surface area (Å²) >= 11 is 0. The number of hydrogen-bond donors (Lipinski definition) is 1. The minimum atomic E-state index is -0.217. The van der Waals surface area contributed by atoms with E-state index in [1.165, 1.54) is 6.07 Å². The molecular formula is C15H15FN4. The van der Waals surface area contributed by atoms with Crippen molar-refractivity contribution in [3.05, 3.63) is 53.5 Å². The Hall–Kier alpha value is -2.43. The number of nitrogens with zero attached hydrogens (tertiary/aromatic N) is 3. The Morgan fingerprint density at radius 3 is 2.85 bits per heavy atom. The van der Waals surface area contributed by atoms with E-state index in [1.807, 2.05) is 29.7 Å². The van der Waals surface area contributed by atoms with Crippen molar-refractivity contribution in [3.63, 3.8) is 0 Å². The summed E-state index contributed by atoms with van der Waals surface area (Å²) in [7, 11) is 0. The Morgan fingerprint density at radius 2 is 2.10 bits per heavy atom. The van der Waals surface area contributed by atoms with Gasteiger partial charge in [0.15, 0.2) is 5.65 Å². The van der Waals surface area contributed by atoms with Crippen molar-refractivity contribution in [2.45, 2.75) is 19.9 Å². The van der Waals surface area contributed by atoms with E-state index in [-0.39, 0.29) is 11.9 Å². The van der Waals surface area contributed by atoms with Crippen LogP contribution in [0.15, 0.2) is 36.5 Å². The van der Waals surface area contributed by atoms with Crippen molar-refractivity contribution in [2.24, 2.45) is 0 Å². The zero-order valence-electron chi connectivity index (χ0n) is 11.3. The van der Waals surface area contributed by atoms with E-state index in [0.29, 0.717) is 17.2 Å². The van der Waals surface area contributed by atoms with Crippen LogP contribution in [0.1, 0.15) is 24.1 Å². The number of imidazole rings is 1. The Bertz CT molecular complexity index is 779. The topological polar surface area (TPSA) is 56.7 Å². The molecule has 0 spiro atoms. The number of halogens is 1. The van der Waals surface area contributed by atoms with Crippen LogP contribution in [0.3, 0.4) is 0 Å². The molecule has 0 bridgehead atoms. The van der Waals surface area contributed by atoms with E-state index in [0.717, 1.165) is 11.1 Å². The van der Waals surface area contributed by atoms with Crippen molar-refractivity contribution in [1.82, 2.24) is 14.5 Å². The zero-order valence-corrected chi connectivity index (χ0v) is 11.3. The van der Waals surface area contributed by atoms with Gasteiger partial charge in [-0.25, -0.2) is 14.4 Å². The molecule has 0 radical (unpaired) electrons. The quantitative estimate of drug-likeness (QED) is 0.778. The fourth-order valence-electron chi connectivity index (χ4n) is 2.35. The molecule has 0 aliphatic heterocycles. The highest BCUT2D eigenvalue weighted by Crippen LogP contribution is 2.26. The number of nitrogens with two attached hydrogens (primary N) is 1. The van der Waals surface area contributed by atoms with E-state index >= 15 is 0 Å². The van der Waals surface area contributed by atoms with Crippen LogP contribution in [0.5, 0.6) is 0 Å². The second-order valence-corrected chi connectivity index (χ2v) is 4.87. The van der Waals surface area contributed by atoms with Gasteiger partial charge in [0, 0.05) is 6.20 Å². The van der Waals surface area contributed by atoms with E-state index in [4.69, 9.17) is 5.73 Å². The van der Waals surface area contributed by atoms with Crippen LogP contribution in [0, 0.1) is 12.7 Å². The molecule has 0 saturated heterocycles. The first kappa shape index (κ1) is 12.6. The maximum Gasteiger partial charge on any atom is 0.203 e. The molecule has 2 aromatic heterocycles. The standard InChI is InChI=1S/C15H15FN4/c1-9-5-6-11(8-12(9)16)10(2)20-14-13(19-15(20)17)4-3-7-18-14/h3-8,10H,1-2H3,(H2,17,19). The number of nitrogen functional groups attached to an aromatic ring is 1. The molecule has 20 heavy (non-hydrogen) atoms. The monoisotopic (exact) mass is 270 g/mol. The van der Waals surface area contributed by atoms with Gasteiger partial charge in [-0.2, -0.15) is 0 Å². The molecule has 1 aromatic carbocycles. The SMILES string of the molecule is Cc1ccc(C(C)n2c(N)nc3cccnc32)cc1F. The molecule has 1 atom stereocenters. The predicted molar refractivity (Wildman–Crippen MR) is 76.9 cm³/mol. The third kappa shape index (κ3) is 1.91. The molecule has 3 rings (SSSR count). The number of aryl methyl sites for hydroxylation is 1. The zero-order chi connectivity index (χ0) is 14.3. The van der Waals surface area contributed by atoms with Crippen molar-refractivity contribution in [2.75, 3.05) is 5.73 Å². The van der Waals surface area contributed by atoms with Crippen LogP contribution in [-0.4, -0.2) is 14.5 Å². The Labute approximate surface area is 116 Å². The Morgan fingerprint density at radius 1 is 1.30 bits per heavy atom. The van der Waals surface area contributed by atoms with Crippen LogP contribution in [0.2, 0.25) is 0 Å². The molecule has 2 heterocycles. The van der Waals surface area contributed by atoms with Crippen LogP contribution >= 0.6 is 0 Å². The summed E-state index contributed by atoms with van der Waals surface area (Å²) in [6, 6.07) is 8.74. The number of fused-ring (bicyclic) bond motifs is 1. The second-order valence-electron chi connectivity index (χ2n) is 4.87. The van der Waals surface area contributed by atoms with Crippen molar-refractivity contribution >= 4 is 17.1 Å². The van der Waals surface area contributed by atoms with Crippen LogP contribution < -0.4 is 5.73 Å². The smallest absolute Gasteiger partial charge is 0.203 e. The summed E-state index contributed by atoms with van der Waals surface area (Å²) in [4.78, 5) is 8.60. The van der Waals surface area contributed by atoms with Gasteiger partial charge >= 0.3 is 0 Å². The maximum absolute atomic E-state index is 13.7. The van der Waals surface area contributed by atoms with Gasteiger partial charge in [0.2, 0.25) is 5.95 Å². The van der Waals surface area contributed by atoms with Crippen molar-refractivity contribution in [3.8, 4) is 0 Å². The molecule has 0 aliphatic rings. The molecule has 0 aliphatic carbocycles. The van der Waals surface area contributed by atoms with Gasteiger partial charge in [-0.1, -0.05) is 12.1 Å². The molecule has 5 heteroatoms. The van der Waals surface area contributed by atoms with E-state index < -0.39 is 0 Å². The largest absolute Gasteiger partial charge is 0.369 e. The summed E-state index contributed by atoms with van der Waals surface area (Å²) in [5.41, 5.74) is 8.89. The number of hydrogen-bond acceptors (Lipinski definition) is 3. The van der Waals surface area contributed by atoms with Crippen LogP contribution in [-0.2, 0) is 0 Å². The average Bonchev–Trinajstić information content (AvgIpc) is 2.77. The lowest BCUT2D eigenvalue weighted by Gasteiger charge is -2.16. The molecule has 1 unspecified atom stereocenters. The lowest BCUT2D eigenvalue weighted by atomic mass is 10.1. The van der Waals surface area contributed by atoms with Crippen molar-refractivity contribution in [1.29, 1.82) is 0 Å². The lowest BCUT2D eigenvalue weighted by molar-refractivity contribution is 0.603. The highest BCUT2D eigenvalue weighted by Gasteiger charge is 2.17. The summed E-state index contributed by atoms with van der Waals surface area (Å²) in [6.07, 6.45) is 1.70. The molecule has 0 fully saturated rings. The third-order valence-electron chi connectivity index (χ3n) is 3.54. The average molecular weight is 270 g/mol. The van der Waals surface area contributed by atoms with Gasteiger partial charge in [-0.05, 0) is 43.2 Å². The molecule has 0 amide bonds. The summed E-state index contributed by atoms with van der Waals surface area (Å²) in [5, 5.41) is 0. The van der Waals surface area contributed by atoms with Gasteiger partial charge in [-0.15, -0.1) is 0 Å². The normalized spacial score (nSPS) is 12.8. The minimum absolute atomic E-state index is 0.134. The first-order valence-corrected chi connectivity index (χ1v) is 6.42. The summed E-state index contributed by atoms with van der Waals surface area (Å²) in [5.74, 6) is 0.164. The van der Waals surface area contributed by atoms with E-state index in [2.05, 4.69) is 9.97 Å². The van der Waals surface area contributed by atoms with Gasteiger partial charge in [0.1, 0.15) is 11.3 Å². The number of anilines is 1. The lowest BCUT2D eigenvalue weighted by Crippen LogP contribution is -2.11. The fraction of sp³-hybridized carbons (Fsp3) is 0.200.